The monoisotopic (exact) mass is 394 g/mol. The number of carbonyl (C=O) groups is 1. The first-order valence-corrected chi connectivity index (χ1v) is 9.89. The van der Waals surface area contributed by atoms with Gasteiger partial charge in [-0.1, -0.05) is 18.2 Å². The van der Waals surface area contributed by atoms with Gasteiger partial charge in [0.25, 0.3) is 5.91 Å². The van der Waals surface area contributed by atoms with Crippen molar-refractivity contribution in [1.82, 2.24) is 20.0 Å². The zero-order valence-corrected chi connectivity index (χ0v) is 16.9. The number of carbonyl (C=O) groups excluding carboxylic acids is 1. The summed E-state index contributed by atoms with van der Waals surface area (Å²) < 4.78 is 7.41. The Bertz CT molecular complexity index is 1080. The molecule has 1 N–H and O–H groups in total. The molecule has 4 aromatic rings. The van der Waals surface area contributed by atoms with Crippen molar-refractivity contribution in [1.29, 1.82) is 0 Å². The second-order valence-electron chi connectivity index (χ2n) is 6.87. The van der Waals surface area contributed by atoms with Crippen molar-refractivity contribution < 1.29 is 9.21 Å². The van der Waals surface area contributed by atoms with E-state index in [4.69, 9.17) is 4.42 Å². The fourth-order valence-electron chi connectivity index (χ4n) is 3.20. The number of rotatable bonds is 6. The maximum atomic E-state index is 12.8. The smallest absolute Gasteiger partial charge is 0.261 e. The second kappa shape index (κ2) is 7.61. The minimum atomic E-state index is -0.0846. The molecule has 0 aliphatic carbocycles. The van der Waals surface area contributed by atoms with Gasteiger partial charge in [-0.2, -0.15) is 5.10 Å². The maximum absolute atomic E-state index is 12.8. The summed E-state index contributed by atoms with van der Waals surface area (Å²) in [6.45, 7) is 2.44. The highest BCUT2D eigenvalue weighted by molar-refractivity contribution is 7.20. The van der Waals surface area contributed by atoms with Crippen LogP contribution in [0.5, 0.6) is 0 Å². The van der Waals surface area contributed by atoms with Crippen molar-refractivity contribution in [2.24, 2.45) is 0 Å². The van der Waals surface area contributed by atoms with E-state index in [0.29, 0.717) is 11.4 Å². The molecule has 3 aromatic heterocycles. The Morgan fingerprint density at radius 1 is 1.25 bits per heavy atom. The number of para-hydroxylation sites is 1. The van der Waals surface area contributed by atoms with Crippen LogP contribution in [0.2, 0.25) is 0 Å². The predicted octanol–water partition coefficient (Wildman–Crippen LogP) is 4.02. The van der Waals surface area contributed by atoms with E-state index in [0.717, 1.165) is 27.4 Å². The van der Waals surface area contributed by atoms with E-state index in [1.807, 2.05) is 79.1 Å². The van der Waals surface area contributed by atoms with Gasteiger partial charge >= 0.3 is 0 Å². The average molecular weight is 395 g/mol. The van der Waals surface area contributed by atoms with Crippen LogP contribution < -0.4 is 5.32 Å². The van der Waals surface area contributed by atoms with Crippen molar-refractivity contribution in [3.8, 4) is 5.69 Å². The predicted molar refractivity (Wildman–Crippen MR) is 111 cm³/mol. The number of fused-ring (bicyclic) bond motifs is 1. The molecule has 1 atom stereocenters. The molecule has 0 radical (unpaired) electrons. The van der Waals surface area contributed by atoms with Crippen molar-refractivity contribution in [3.63, 3.8) is 0 Å². The molecular formula is C21H22N4O2S. The number of furan rings is 1. The molecule has 28 heavy (non-hydrogen) atoms. The third-order valence-corrected chi connectivity index (χ3v) is 5.83. The van der Waals surface area contributed by atoms with E-state index in [2.05, 4.69) is 10.4 Å². The highest BCUT2D eigenvalue weighted by atomic mass is 32.1. The third kappa shape index (κ3) is 3.46. The van der Waals surface area contributed by atoms with Gasteiger partial charge in [0.1, 0.15) is 10.6 Å². The summed E-state index contributed by atoms with van der Waals surface area (Å²) in [6, 6.07) is 15.7. The van der Waals surface area contributed by atoms with Gasteiger partial charge in [-0.3, -0.25) is 9.69 Å². The molecule has 144 valence electrons. The summed E-state index contributed by atoms with van der Waals surface area (Å²) in [5, 5.41) is 8.67. The molecule has 0 aliphatic rings. The second-order valence-corrected chi connectivity index (χ2v) is 7.90. The minimum absolute atomic E-state index is 0.0186. The molecule has 0 saturated heterocycles. The SMILES string of the molecule is Cc1nn(-c2ccccc2)c2sc(C(=O)NCC(c3ccco3)N(C)C)cc12. The molecular weight excluding hydrogens is 372 g/mol. The Morgan fingerprint density at radius 3 is 2.71 bits per heavy atom. The van der Waals surface area contributed by atoms with Crippen LogP contribution in [-0.4, -0.2) is 41.2 Å². The highest BCUT2D eigenvalue weighted by Crippen LogP contribution is 2.30. The van der Waals surface area contributed by atoms with Gasteiger partial charge in [-0.25, -0.2) is 4.68 Å². The molecule has 0 bridgehead atoms. The average Bonchev–Trinajstić information content (AvgIpc) is 3.41. The van der Waals surface area contributed by atoms with Crippen LogP contribution in [-0.2, 0) is 0 Å². The quantitative estimate of drug-likeness (QED) is 0.536. The van der Waals surface area contributed by atoms with Crippen LogP contribution >= 0.6 is 11.3 Å². The minimum Gasteiger partial charge on any atom is -0.468 e. The zero-order valence-electron chi connectivity index (χ0n) is 16.0. The maximum Gasteiger partial charge on any atom is 0.261 e. The summed E-state index contributed by atoms with van der Waals surface area (Å²) in [5.74, 6) is 0.746. The van der Waals surface area contributed by atoms with Crippen LogP contribution in [0.3, 0.4) is 0 Å². The number of hydrogen-bond donors (Lipinski definition) is 1. The highest BCUT2D eigenvalue weighted by Gasteiger charge is 2.21. The molecule has 0 saturated carbocycles. The number of aryl methyl sites for hydroxylation is 1. The standard InChI is InChI=1S/C21H22N4O2S/c1-14-16-12-19(28-21(16)25(23-14)15-8-5-4-6-9-15)20(26)22-13-17(24(2)3)18-10-7-11-27-18/h4-12,17H,13H2,1-3H3,(H,22,26). The molecule has 6 nitrogen and oxygen atoms in total. The first kappa shape index (κ1) is 18.5. The third-order valence-electron chi connectivity index (χ3n) is 4.72. The fourth-order valence-corrected chi connectivity index (χ4v) is 4.30. The van der Waals surface area contributed by atoms with Gasteiger partial charge in [0.05, 0.1) is 28.6 Å². The molecule has 0 fully saturated rings. The van der Waals surface area contributed by atoms with E-state index < -0.39 is 0 Å². The van der Waals surface area contributed by atoms with E-state index in [-0.39, 0.29) is 11.9 Å². The largest absolute Gasteiger partial charge is 0.468 e. The number of amides is 1. The summed E-state index contributed by atoms with van der Waals surface area (Å²) in [7, 11) is 3.94. The molecule has 1 amide bonds. The molecule has 0 spiro atoms. The summed E-state index contributed by atoms with van der Waals surface area (Å²) in [6.07, 6.45) is 1.65. The lowest BCUT2D eigenvalue weighted by molar-refractivity contribution is 0.0943. The van der Waals surface area contributed by atoms with E-state index in [1.165, 1.54) is 11.3 Å². The van der Waals surface area contributed by atoms with E-state index in [1.54, 1.807) is 6.26 Å². The number of likely N-dealkylation sites (N-methyl/N-ethyl adjacent to an activating group) is 1. The molecule has 4 rings (SSSR count). The lowest BCUT2D eigenvalue weighted by Crippen LogP contribution is -2.34. The number of hydrogen-bond acceptors (Lipinski definition) is 5. The van der Waals surface area contributed by atoms with Crippen molar-refractivity contribution in [2.45, 2.75) is 13.0 Å². The van der Waals surface area contributed by atoms with Crippen LogP contribution in [0.1, 0.15) is 27.2 Å². The number of nitrogens with one attached hydrogen (secondary N) is 1. The van der Waals surface area contributed by atoms with Gasteiger partial charge in [-0.15, -0.1) is 11.3 Å². The first-order chi connectivity index (χ1) is 13.5. The van der Waals surface area contributed by atoms with E-state index >= 15 is 0 Å². The Labute approximate surface area is 167 Å². The normalized spacial score (nSPS) is 12.6. The van der Waals surface area contributed by atoms with Crippen LogP contribution in [0.15, 0.2) is 59.2 Å². The number of nitrogens with zero attached hydrogens (tertiary/aromatic N) is 3. The Kier molecular flexibility index (Phi) is 5.02. The summed E-state index contributed by atoms with van der Waals surface area (Å²) in [5.41, 5.74) is 1.90. The first-order valence-electron chi connectivity index (χ1n) is 9.07. The molecule has 3 heterocycles. The summed E-state index contributed by atoms with van der Waals surface area (Å²) in [4.78, 5) is 16.5. The lowest BCUT2D eigenvalue weighted by Gasteiger charge is -2.22. The van der Waals surface area contributed by atoms with Gasteiger partial charge in [0, 0.05) is 11.9 Å². The Morgan fingerprint density at radius 2 is 2.04 bits per heavy atom. The van der Waals surface area contributed by atoms with Gasteiger partial charge in [-0.05, 0) is 51.4 Å². The van der Waals surface area contributed by atoms with Crippen LogP contribution in [0, 0.1) is 6.92 Å². The molecule has 1 aromatic carbocycles. The van der Waals surface area contributed by atoms with Crippen molar-refractivity contribution >= 4 is 27.5 Å². The number of benzene rings is 1. The van der Waals surface area contributed by atoms with Gasteiger partial charge in [0.2, 0.25) is 0 Å². The van der Waals surface area contributed by atoms with Crippen LogP contribution in [0.4, 0.5) is 0 Å². The topological polar surface area (TPSA) is 63.3 Å². The number of aromatic nitrogens is 2. The Balaban J connectivity index is 1.57. The zero-order chi connectivity index (χ0) is 19.7. The lowest BCUT2D eigenvalue weighted by atomic mass is 10.2. The van der Waals surface area contributed by atoms with Crippen LogP contribution in [0.25, 0.3) is 15.9 Å². The molecule has 1 unspecified atom stereocenters. The number of thiophene rings is 1. The van der Waals surface area contributed by atoms with Gasteiger partial charge in [0.15, 0.2) is 0 Å². The molecule has 7 heteroatoms. The van der Waals surface area contributed by atoms with E-state index in [9.17, 15) is 4.79 Å². The van der Waals surface area contributed by atoms with Crippen molar-refractivity contribution in [2.75, 3.05) is 20.6 Å². The molecule has 0 aliphatic heterocycles. The Hall–Kier alpha value is -2.90. The summed E-state index contributed by atoms with van der Waals surface area (Å²) >= 11 is 1.46. The fraction of sp³-hybridized carbons (Fsp3) is 0.238. The van der Waals surface area contributed by atoms with Gasteiger partial charge < -0.3 is 9.73 Å². The van der Waals surface area contributed by atoms with Crippen molar-refractivity contribution in [3.05, 3.63) is 71.1 Å².